The number of hydrogen-bond acceptors (Lipinski definition) is 3. The normalized spacial score (nSPS) is 37.8. The Morgan fingerprint density at radius 2 is 1.53 bits per heavy atom. The summed E-state index contributed by atoms with van der Waals surface area (Å²) in [6, 6.07) is 0. The van der Waals surface area contributed by atoms with Crippen LogP contribution in [0.5, 0.6) is 0 Å². The van der Waals surface area contributed by atoms with Crippen molar-refractivity contribution >= 4 is 7.12 Å². The van der Waals surface area contributed by atoms with Crippen LogP contribution in [0.3, 0.4) is 0 Å². The van der Waals surface area contributed by atoms with E-state index in [0.717, 1.165) is 12.8 Å². The average molecular weight is 212 g/mol. The lowest BCUT2D eigenvalue weighted by Crippen LogP contribution is -2.41. The van der Waals surface area contributed by atoms with Gasteiger partial charge in [0.15, 0.2) is 0 Å². The van der Waals surface area contributed by atoms with Crippen molar-refractivity contribution in [2.45, 2.75) is 63.7 Å². The molecule has 3 nitrogen and oxygen atoms in total. The Labute approximate surface area is 92.6 Å². The molecule has 15 heavy (non-hydrogen) atoms. The molecule has 1 aliphatic carbocycles. The topological polar surface area (TPSA) is 27.7 Å². The van der Waals surface area contributed by atoms with Gasteiger partial charge >= 0.3 is 7.12 Å². The Morgan fingerprint density at radius 3 is 1.93 bits per heavy atom. The highest BCUT2D eigenvalue weighted by molar-refractivity contribution is 6.47. The van der Waals surface area contributed by atoms with Crippen molar-refractivity contribution < 1.29 is 14.0 Å². The second-order valence-electron chi connectivity index (χ2n) is 5.71. The van der Waals surface area contributed by atoms with Crippen molar-refractivity contribution in [2.24, 2.45) is 0 Å². The molecule has 0 bridgehead atoms. The van der Waals surface area contributed by atoms with E-state index < -0.39 is 0 Å². The zero-order valence-electron chi connectivity index (χ0n) is 10.4. The first kappa shape index (κ1) is 11.4. The molecule has 0 aromatic carbocycles. The van der Waals surface area contributed by atoms with E-state index in [1.54, 1.807) is 7.11 Å². The molecule has 1 heterocycles. The van der Waals surface area contributed by atoms with Gasteiger partial charge in [-0.15, -0.1) is 0 Å². The maximum Gasteiger partial charge on any atom is 0.461 e. The second-order valence-corrected chi connectivity index (χ2v) is 5.71. The molecular weight excluding hydrogens is 191 g/mol. The summed E-state index contributed by atoms with van der Waals surface area (Å²) in [5.41, 5.74) is -0.397. The molecule has 0 atom stereocenters. The first-order valence-electron chi connectivity index (χ1n) is 5.74. The number of ether oxygens (including phenoxy) is 1. The lowest BCUT2D eigenvalue weighted by atomic mass is 9.59. The first-order valence-corrected chi connectivity index (χ1v) is 5.74. The highest BCUT2D eigenvalue weighted by atomic mass is 16.7. The van der Waals surface area contributed by atoms with Crippen LogP contribution in [0.25, 0.3) is 0 Å². The monoisotopic (exact) mass is 212 g/mol. The zero-order chi connectivity index (χ0) is 11.3. The van der Waals surface area contributed by atoms with Crippen molar-refractivity contribution in [3.05, 3.63) is 0 Å². The molecule has 4 heteroatoms. The third-order valence-corrected chi connectivity index (χ3v) is 4.12. The standard InChI is InChI=1S/C11H21BO3/c1-10(2)11(3,4)15-12(14-10)8-6-9(7-8)13-5/h8-9H,6-7H2,1-5H3. The zero-order valence-corrected chi connectivity index (χ0v) is 10.4. The summed E-state index contributed by atoms with van der Waals surface area (Å²) in [6.45, 7) is 8.39. The van der Waals surface area contributed by atoms with E-state index in [1.165, 1.54) is 0 Å². The Balaban J connectivity index is 1.93. The third-order valence-electron chi connectivity index (χ3n) is 4.12. The number of hydrogen-bond donors (Lipinski definition) is 0. The molecule has 1 saturated carbocycles. The van der Waals surface area contributed by atoms with Gasteiger partial charge in [-0.05, 0) is 46.4 Å². The quantitative estimate of drug-likeness (QED) is 0.657. The van der Waals surface area contributed by atoms with Crippen LogP contribution in [-0.4, -0.2) is 31.5 Å². The molecule has 0 spiro atoms. The Bertz CT molecular complexity index is 230. The van der Waals surface area contributed by atoms with Gasteiger partial charge in [0.1, 0.15) is 0 Å². The predicted molar refractivity (Wildman–Crippen MR) is 59.9 cm³/mol. The average Bonchev–Trinajstić information content (AvgIpc) is 2.18. The highest BCUT2D eigenvalue weighted by Crippen LogP contribution is 2.46. The molecule has 0 aromatic heterocycles. The fraction of sp³-hybridized carbons (Fsp3) is 1.00. The van der Waals surface area contributed by atoms with Crippen LogP contribution in [-0.2, 0) is 14.0 Å². The van der Waals surface area contributed by atoms with E-state index in [9.17, 15) is 0 Å². The predicted octanol–water partition coefficient (Wildman–Crippen LogP) is 2.26. The van der Waals surface area contributed by atoms with Gasteiger partial charge in [0, 0.05) is 7.11 Å². The Hall–Kier alpha value is -0.0551. The molecular formula is C11H21BO3. The van der Waals surface area contributed by atoms with Gasteiger partial charge in [-0.2, -0.15) is 0 Å². The summed E-state index contributed by atoms with van der Waals surface area (Å²) in [4.78, 5) is 0. The van der Waals surface area contributed by atoms with E-state index in [4.69, 9.17) is 14.0 Å². The van der Waals surface area contributed by atoms with Gasteiger partial charge in [0.2, 0.25) is 0 Å². The molecule has 86 valence electrons. The van der Waals surface area contributed by atoms with E-state index in [2.05, 4.69) is 27.7 Å². The molecule has 0 N–H and O–H groups in total. The van der Waals surface area contributed by atoms with E-state index >= 15 is 0 Å². The van der Waals surface area contributed by atoms with Crippen molar-refractivity contribution in [3.8, 4) is 0 Å². The molecule has 0 unspecified atom stereocenters. The van der Waals surface area contributed by atoms with E-state index in [1.807, 2.05) is 0 Å². The second kappa shape index (κ2) is 3.47. The number of rotatable bonds is 2. The molecule has 2 rings (SSSR count). The number of methoxy groups -OCH3 is 1. The van der Waals surface area contributed by atoms with Crippen molar-refractivity contribution in [1.82, 2.24) is 0 Å². The highest BCUT2D eigenvalue weighted by Gasteiger charge is 2.55. The molecule has 0 aromatic rings. The molecule has 2 fully saturated rings. The maximum atomic E-state index is 5.98. The minimum Gasteiger partial charge on any atom is -0.403 e. The van der Waals surface area contributed by atoms with Gasteiger partial charge in [0.25, 0.3) is 0 Å². The molecule has 0 amide bonds. The van der Waals surface area contributed by atoms with Crippen LogP contribution in [0.15, 0.2) is 0 Å². The van der Waals surface area contributed by atoms with Crippen LogP contribution in [0.1, 0.15) is 40.5 Å². The third kappa shape index (κ3) is 1.83. The summed E-state index contributed by atoms with van der Waals surface area (Å²) >= 11 is 0. The van der Waals surface area contributed by atoms with Crippen LogP contribution in [0, 0.1) is 0 Å². The van der Waals surface area contributed by atoms with Crippen molar-refractivity contribution in [3.63, 3.8) is 0 Å². The van der Waals surface area contributed by atoms with E-state index in [-0.39, 0.29) is 18.3 Å². The van der Waals surface area contributed by atoms with Crippen LogP contribution in [0.2, 0.25) is 5.82 Å². The smallest absolute Gasteiger partial charge is 0.403 e. The lowest BCUT2D eigenvalue weighted by molar-refractivity contribution is 0.00578. The lowest BCUT2D eigenvalue weighted by Gasteiger charge is -2.35. The summed E-state index contributed by atoms with van der Waals surface area (Å²) < 4.78 is 17.2. The van der Waals surface area contributed by atoms with Gasteiger partial charge < -0.3 is 14.0 Å². The van der Waals surface area contributed by atoms with Gasteiger partial charge in [0.05, 0.1) is 17.3 Å². The van der Waals surface area contributed by atoms with E-state index in [0.29, 0.717) is 11.9 Å². The molecule has 1 aliphatic heterocycles. The Morgan fingerprint density at radius 1 is 1.07 bits per heavy atom. The summed E-state index contributed by atoms with van der Waals surface area (Å²) in [6.07, 6.45) is 2.54. The molecule has 2 aliphatic rings. The molecule has 1 saturated heterocycles. The first-order chi connectivity index (χ1) is 6.86. The Kier molecular flexibility index (Phi) is 2.65. The van der Waals surface area contributed by atoms with Crippen molar-refractivity contribution in [2.75, 3.05) is 7.11 Å². The maximum absolute atomic E-state index is 5.98. The fourth-order valence-corrected chi connectivity index (χ4v) is 2.10. The summed E-state index contributed by atoms with van der Waals surface area (Å²) in [5.74, 6) is 0.510. The van der Waals surface area contributed by atoms with Crippen LogP contribution in [0.4, 0.5) is 0 Å². The van der Waals surface area contributed by atoms with Gasteiger partial charge in [-0.3, -0.25) is 0 Å². The minimum atomic E-state index is -0.199. The summed E-state index contributed by atoms with van der Waals surface area (Å²) in [7, 11) is 1.73. The largest absolute Gasteiger partial charge is 0.461 e. The minimum absolute atomic E-state index is 0.0404. The fourth-order valence-electron chi connectivity index (χ4n) is 2.10. The van der Waals surface area contributed by atoms with Crippen LogP contribution >= 0.6 is 0 Å². The van der Waals surface area contributed by atoms with Crippen LogP contribution < -0.4 is 0 Å². The van der Waals surface area contributed by atoms with Crippen molar-refractivity contribution in [1.29, 1.82) is 0 Å². The SMILES string of the molecule is COC1CC(B2OC(C)(C)C(C)(C)O2)C1. The van der Waals surface area contributed by atoms with Gasteiger partial charge in [-0.1, -0.05) is 0 Å². The van der Waals surface area contributed by atoms with Gasteiger partial charge in [-0.25, -0.2) is 0 Å². The summed E-state index contributed by atoms with van der Waals surface area (Å²) in [5, 5.41) is 0. The molecule has 0 radical (unpaired) electrons.